The Morgan fingerprint density at radius 1 is 0.773 bits per heavy atom. The van der Waals surface area contributed by atoms with Crippen LogP contribution in [0.2, 0.25) is 11.1 Å². The molecule has 2 aliphatic rings. The van der Waals surface area contributed by atoms with Crippen molar-refractivity contribution < 1.29 is 8.85 Å². The van der Waals surface area contributed by atoms with Crippen molar-refractivity contribution in [3.63, 3.8) is 0 Å². The molecule has 0 aliphatic heterocycles. The fourth-order valence-electron chi connectivity index (χ4n) is 5.71. The van der Waals surface area contributed by atoms with Crippen LogP contribution in [0.4, 0.5) is 0 Å². The van der Waals surface area contributed by atoms with Gasteiger partial charge in [0.1, 0.15) is 0 Å². The summed E-state index contributed by atoms with van der Waals surface area (Å²) in [4.78, 5) is 0. The molecular weight excluding hydrogens is 288 g/mol. The zero-order valence-corrected chi connectivity index (χ0v) is 16.7. The van der Waals surface area contributed by atoms with Gasteiger partial charge in [0, 0.05) is 24.3 Å². The third kappa shape index (κ3) is 3.62. The van der Waals surface area contributed by atoms with E-state index in [1.807, 2.05) is 0 Å². The van der Waals surface area contributed by atoms with E-state index in [0.29, 0.717) is 11.1 Å². The van der Waals surface area contributed by atoms with Gasteiger partial charge in [-0.25, -0.2) is 0 Å². The van der Waals surface area contributed by atoms with Gasteiger partial charge in [-0.2, -0.15) is 0 Å². The smallest absolute Gasteiger partial charge is 0.345 e. The Balaban J connectivity index is 2.34. The van der Waals surface area contributed by atoms with Crippen molar-refractivity contribution in [3.8, 4) is 0 Å². The molecule has 3 heteroatoms. The molecule has 0 spiro atoms. The van der Waals surface area contributed by atoms with Crippen LogP contribution in [0, 0.1) is 23.7 Å². The molecule has 2 saturated carbocycles. The Morgan fingerprint density at radius 3 is 1.64 bits per heavy atom. The highest BCUT2D eigenvalue weighted by molar-refractivity contribution is 6.70. The van der Waals surface area contributed by atoms with Gasteiger partial charge in [-0.3, -0.25) is 0 Å². The minimum atomic E-state index is -2.17. The van der Waals surface area contributed by atoms with Crippen LogP contribution in [-0.4, -0.2) is 21.8 Å². The normalized spacial score (nSPS) is 40.1. The second kappa shape index (κ2) is 7.81. The second-order valence-corrected chi connectivity index (χ2v) is 11.8. The van der Waals surface area contributed by atoms with E-state index in [1.54, 1.807) is 0 Å². The lowest BCUT2D eigenvalue weighted by molar-refractivity contribution is 0.130. The van der Waals surface area contributed by atoms with E-state index < -0.39 is 8.56 Å². The SMILES string of the molecule is CCO[Si](OCC)(C1CC(C)CC(C)C1)C1C(C)CCC1C. The number of hydrogen-bond donors (Lipinski definition) is 0. The van der Waals surface area contributed by atoms with E-state index in [9.17, 15) is 0 Å². The van der Waals surface area contributed by atoms with Crippen LogP contribution in [-0.2, 0) is 8.85 Å². The average molecular weight is 327 g/mol. The summed E-state index contributed by atoms with van der Waals surface area (Å²) < 4.78 is 13.3. The van der Waals surface area contributed by atoms with E-state index >= 15 is 0 Å². The van der Waals surface area contributed by atoms with Crippen molar-refractivity contribution in [3.05, 3.63) is 0 Å². The molecule has 0 heterocycles. The fraction of sp³-hybridized carbons (Fsp3) is 1.00. The molecule has 0 radical (unpaired) electrons. The van der Waals surface area contributed by atoms with Gasteiger partial charge in [-0.05, 0) is 56.8 Å². The van der Waals surface area contributed by atoms with E-state index in [2.05, 4.69) is 41.5 Å². The van der Waals surface area contributed by atoms with Gasteiger partial charge in [0.2, 0.25) is 0 Å². The third-order valence-electron chi connectivity index (χ3n) is 6.26. The first-order valence-corrected chi connectivity index (χ1v) is 11.7. The highest BCUT2D eigenvalue weighted by Gasteiger charge is 2.58. The molecule has 2 fully saturated rings. The molecule has 0 N–H and O–H groups in total. The van der Waals surface area contributed by atoms with Gasteiger partial charge >= 0.3 is 8.56 Å². The van der Waals surface area contributed by atoms with E-state index in [1.165, 1.54) is 32.1 Å². The molecule has 0 aromatic carbocycles. The average Bonchev–Trinajstić information content (AvgIpc) is 2.77. The van der Waals surface area contributed by atoms with Gasteiger partial charge in [0.25, 0.3) is 0 Å². The van der Waals surface area contributed by atoms with E-state index in [4.69, 9.17) is 8.85 Å². The molecule has 0 bridgehead atoms. The summed E-state index contributed by atoms with van der Waals surface area (Å²) in [6, 6.07) is 0. The Bertz CT molecular complexity index is 320. The zero-order chi connectivity index (χ0) is 16.3. The predicted molar refractivity (Wildman–Crippen MR) is 96.2 cm³/mol. The first-order chi connectivity index (χ1) is 10.4. The zero-order valence-electron chi connectivity index (χ0n) is 15.7. The molecule has 22 heavy (non-hydrogen) atoms. The highest BCUT2D eigenvalue weighted by atomic mass is 28.4. The third-order valence-corrected chi connectivity index (χ3v) is 11.4. The van der Waals surface area contributed by atoms with Gasteiger partial charge in [-0.15, -0.1) is 0 Å². The summed E-state index contributed by atoms with van der Waals surface area (Å²) in [7, 11) is -2.17. The fourth-order valence-corrected chi connectivity index (χ4v) is 11.5. The van der Waals surface area contributed by atoms with Crippen LogP contribution in [0.3, 0.4) is 0 Å². The number of hydrogen-bond acceptors (Lipinski definition) is 2. The molecule has 0 aromatic rings. The Kier molecular flexibility index (Phi) is 6.55. The minimum Gasteiger partial charge on any atom is -0.394 e. The van der Waals surface area contributed by atoms with Crippen LogP contribution < -0.4 is 0 Å². The second-order valence-electron chi connectivity index (χ2n) is 8.26. The lowest BCUT2D eigenvalue weighted by Crippen LogP contribution is -2.55. The summed E-state index contributed by atoms with van der Waals surface area (Å²) in [6.45, 7) is 15.7. The monoisotopic (exact) mass is 326 g/mol. The molecule has 130 valence electrons. The molecule has 4 unspecified atom stereocenters. The summed E-state index contributed by atoms with van der Waals surface area (Å²) in [5, 5.41) is 0. The summed E-state index contributed by atoms with van der Waals surface area (Å²) in [5.41, 5.74) is 1.38. The van der Waals surface area contributed by atoms with Gasteiger partial charge in [-0.1, -0.05) is 40.5 Å². The maximum atomic E-state index is 6.65. The van der Waals surface area contributed by atoms with Gasteiger partial charge in [0.15, 0.2) is 0 Å². The standard InChI is InChI=1S/C19H38O2Si/c1-7-20-22(21-8-2,19-16(5)9-10-17(19)6)18-12-14(3)11-15(4)13-18/h14-19H,7-13H2,1-6H3. The Hall–Kier alpha value is 0.137. The van der Waals surface area contributed by atoms with Crippen LogP contribution in [0.5, 0.6) is 0 Å². The molecule has 0 amide bonds. The molecule has 2 rings (SSSR count). The Labute approximate surface area is 139 Å². The van der Waals surface area contributed by atoms with Crippen LogP contribution in [0.25, 0.3) is 0 Å². The van der Waals surface area contributed by atoms with Crippen LogP contribution in [0.1, 0.15) is 73.6 Å². The Morgan fingerprint density at radius 2 is 1.23 bits per heavy atom. The quantitative estimate of drug-likeness (QED) is 0.577. The molecule has 4 atom stereocenters. The molecule has 0 saturated heterocycles. The summed E-state index contributed by atoms with van der Waals surface area (Å²) in [6.07, 6.45) is 6.76. The van der Waals surface area contributed by atoms with Crippen molar-refractivity contribution in [2.24, 2.45) is 23.7 Å². The van der Waals surface area contributed by atoms with Crippen LogP contribution in [0.15, 0.2) is 0 Å². The summed E-state index contributed by atoms with van der Waals surface area (Å²) >= 11 is 0. The van der Waals surface area contributed by atoms with Crippen molar-refractivity contribution in [1.82, 2.24) is 0 Å². The lowest BCUT2D eigenvalue weighted by atomic mass is 9.83. The topological polar surface area (TPSA) is 18.5 Å². The molecule has 2 aliphatic carbocycles. The molecule has 0 aromatic heterocycles. The van der Waals surface area contributed by atoms with E-state index in [-0.39, 0.29) is 0 Å². The van der Waals surface area contributed by atoms with Crippen molar-refractivity contribution in [2.45, 2.75) is 84.7 Å². The lowest BCUT2D eigenvalue weighted by Gasteiger charge is -2.47. The van der Waals surface area contributed by atoms with Crippen molar-refractivity contribution in [2.75, 3.05) is 13.2 Å². The number of rotatable bonds is 6. The predicted octanol–water partition coefficient (Wildman–Crippen LogP) is 5.76. The van der Waals surface area contributed by atoms with Crippen molar-refractivity contribution in [1.29, 1.82) is 0 Å². The molecule has 2 nitrogen and oxygen atoms in total. The first kappa shape index (κ1) is 18.5. The maximum Gasteiger partial charge on any atom is 0.345 e. The maximum absolute atomic E-state index is 6.65. The molecular formula is C19H38O2Si. The summed E-state index contributed by atoms with van der Waals surface area (Å²) in [5.74, 6) is 3.20. The minimum absolute atomic E-state index is 0.690. The largest absolute Gasteiger partial charge is 0.394 e. The first-order valence-electron chi connectivity index (χ1n) is 9.72. The van der Waals surface area contributed by atoms with Gasteiger partial charge < -0.3 is 8.85 Å². The highest BCUT2D eigenvalue weighted by Crippen LogP contribution is 2.56. The van der Waals surface area contributed by atoms with Crippen LogP contribution >= 0.6 is 0 Å². The van der Waals surface area contributed by atoms with Gasteiger partial charge in [0.05, 0.1) is 0 Å². The van der Waals surface area contributed by atoms with E-state index in [0.717, 1.165) is 36.9 Å². The van der Waals surface area contributed by atoms with Crippen molar-refractivity contribution >= 4 is 8.56 Å².